The Morgan fingerprint density at radius 1 is 1.22 bits per heavy atom. The second-order valence-electron chi connectivity index (χ2n) is 6.79. The Balaban J connectivity index is 2.10. The van der Waals surface area contributed by atoms with E-state index in [0.29, 0.717) is 16.7 Å². The molecule has 1 heterocycles. The molecule has 0 saturated heterocycles. The lowest BCUT2D eigenvalue weighted by Crippen LogP contribution is -2.23. The molecule has 27 heavy (non-hydrogen) atoms. The van der Waals surface area contributed by atoms with E-state index >= 15 is 0 Å². The van der Waals surface area contributed by atoms with Crippen LogP contribution < -0.4 is 10.5 Å². The van der Waals surface area contributed by atoms with Crippen LogP contribution >= 0.6 is 15.9 Å². The van der Waals surface area contributed by atoms with Gasteiger partial charge < -0.3 is 4.90 Å². The fraction of sp³-hybridized carbons (Fsp3) is 0.286. The molecule has 140 valence electrons. The van der Waals surface area contributed by atoms with Crippen molar-refractivity contribution in [2.75, 3.05) is 19.0 Å². The number of hydrogen-bond donors (Lipinski definition) is 0. The molecule has 0 radical (unpaired) electrons. The maximum atomic E-state index is 13.1. The standard InChI is InChI=1S/C21H23BrN4O/c1-5-14(2)20-24-19-11-8-16(22)12-18(19)21(27)26(20)23-13-15-6-9-17(10-7-15)25(3)4/h6-14H,5H2,1-4H3/t14-/m1/s1. The number of hydrogen-bond acceptors (Lipinski definition) is 4. The Morgan fingerprint density at radius 2 is 1.93 bits per heavy atom. The van der Waals surface area contributed by atoms with E-state index in [0.717, 1.165) is 22.1 Å². The summed E-state index contributed by atoms with van der Waals surface area (Å²) in [6.45, 7) is 4.14. The highest BCUT2D eigenvalue weighted by Gasteiger charge is 2.15. The van der Waals surface area contributed by atoms with Crippen molar-refractivity contribution < 1.29 is 0 Å². The van der Waals surface area contributed by atoms with Crippen molar-refractivity contribution in [1.82, 2.24) is 9.66 Å². The number of rotatable bonds is 5. The lowest BCUT2D eigenvalue weighted by molar-refractivity contribution is 0.613. The number of halogens is 1. The molecule has 0 spiro atoms. The van der Waals surface area contributed by atoms with Gasteiger partial charge in [-0.05, 0) is 42.3 Å². The minimum Gasteiger partial charge on any atom is -0.378 e. The van der Waals surface area contributed by atoms with Gasteiger partial charge in [-0.1, -0.05) is 41.9 Å². The van der Waals surface area contributed by atoms with E-state index in [1.165, 1.54) is 4.68 Å². The van der Waals surface area contributed by atoms with Crippen molar-refractivity contribution in [3.8, 4) is 0 Å². The van der Waals surface area contributed by atoms with Crippen molar-refractivity contribution in [1.29, 1.82) is 0 Å². The maximum absolute atomic E-state index is 13.1. The monoisotopic (exact) mass is 426 g/mol. The third-order valence-corrected chi connectivity index (χ3v) is 5.11. The van der Waals surface area contributed by atoms with Gasteiger partial charge in [-0.15, -0.1) is 0 Å². The SMILES string of the molecule is CC[C@@H](C)c1nc2ccc(Br)cc2c(=O)n1N=Cc1ccc(N(C)C)cc1. The predicted molar refractivity (Wildman–Crippen MR) is 116 cm³/mol. The summed E-state index contributed by atoms with van der Waals surface area (Å²) in [5.41, 5.74) is 2.58. The molecule has 6 heteroatoms. The molecule has 0 bridgehead atoms. The van der Waals surface area contributed by atoms with E-state index in [2.05, 4.69) is 34.9 Å². The van der Waals surface area contributed by atoms with E-state index in [4.69, 9.17) is 4.98 Å². The van der Waals surface area contributed by atoms with Gasteiger partial charge in [-0.3, -0.25) is 4.79 Å². The first-order chi connectivity index (χ1) is 12.9. The topological polar surface area (TPSA) is 50.5 Å². The second kappa shape index (κ2) is 8.05. The number of fused-ring (bicyclic) bond motifs is 1. The smallest absolute Gasteiger partial charge is 0.282 e. The molecule has 0 aliphatic rings. The minimum atomic E-state index is -0.155. The third-order valence-electron chi connectivity index (χ3n) is 4.62. The number of benzene rings is 2. The highest BCUT2D eigenvalue weighted by molar-refractivity contribution is 9.10. The van der Waals surface area contributed by atoms with Gasteiger partial charge in [0.15, 0.2) is 0 Å². The average Bonchev–Trinajstić information content (AvgIpc) is 2.67. The minimum absolute atomic E-state index is 0.124. The first-order valence-corrected chi connectivity index (χ1v) is 9.74. The van der Waals surface area contributed by atoms with Gasteiger partial charge in [0.05, 0.1) is 17.1 Å². The van der Waals surface area contributed by atoms with Crippen molar-refractivity contribution in [2.45, 2.75) is 26.2 Å². The van der Waals surface area contributed by atoms with Crippen LogP contribution in [0.1, 0.15) is 37.6 Å². The van der Waals surface area contributed by atoms with E-state index in [-0.39, 0.29) is 11.5 Å². The summed E-state index contributed by atoms with van der Waals surface area (Å²) >= 11 is 3.43. The van der Waals surface area contributed by atoms with Crippen molar-refractivity contribution in [2.24, 2.45) is 5.10 Å². The summed E-state index contributed by atoms with van der Waals surface area (Å²) in [4.78, 5) is 19.8. The lowest BCUT2D eigenvalue weighted by atomic mass is 10.1. The Morgan fingerprint density at radius 3 is 2.56 bits per heavy atom. The van der Waals surface area contributed by atoms with Crippen LogP contribution in [0.4, 0.5) is 5.69 Å². The summed E-state index contributed by atoms with van der Waals surface area (Å²) in [6.07, 6.45) is 2.58. The second-order valence-corrected chi connectivity index (χ2v) is 7.70. The van der Waals surface area contributed by atoms with Gasteiger partial charge in [-0.25, -0.2) is 4.98 Å². The van der Waals surface area contributed by atoms with Gasteiger partial charge in [0.25, 0.3) is 5.56 Å². The first-order valence-electron chi connectivity index (χ1n) is 8.94. The molecule has 5 nitrogen and oxygen atoms in total. The summed E-state index contributed by atoms with van der Waals surface area (Å²) in [7, 11) is 4.00. The van der Waals surface area contributed by atoms with Crippen molar-refractivity contribution in [3.63, 3.8) is 0 Å². The Labute approximate surface area is 167 Å². The Kier molecular flexibility index (Phi) is 5.75. The normalized spacial score (nSPS) is 12.6. The van der Waals surface area contributed by atoms with Gasteiger partial charge in [0.1, 0.15) is 5.82 Å². The number of aromatic nitrogens is 2. The van der Waals surface area contributed by atoms with Crippen LogP contribution in [0.25, 0.3) is 10.9 Å². The highest BCUT2D eigenvalue weighted by atomic mass is 79.9. The Bertz CT molecular complexity index is 1040. The van der Waals surface area contributed by atoms with Crippen LogP contribution in [0.5, 0.6) is 0 Å². The van der Waals surface area contributed by atoms with Crippen LogP contribution in [0, 0.1) is 0 Å². The molecule has 3 aromatic rings. The molecule has 0 aliphatic heterocycles. The molecule has 2 aromatic carbocycles. The third kappa shape index (κ3) is 4.11. The average molecular weight is 427 g/mol. The molecule has 3 rings (SSSR count). The van der Waals surface area contributed by atoms with Crippen molar-refractivity contribution in [3.05, 3.63) is 68.7 Å². The van der Waals surface area contributed by atoms with Crippen LogP contribution in [0.3, 0.4) is 0 Å². The molecule has 0 fully saturated rings. The molecule has 1 aromatic heterocycles. The fourth-order valence-corrected chi connectivity index (χ4v) is 3.12. The molecule has 0 aliphatic carbocycles. The molecule has 0 saturated carbocycles. The van der Waals surface area contributed by atoms with E-state index in [9.17, 15) is 4.79 Å². The Hall–Kier alpha value is -2.47. The van der Waals surface area contributed by atoms with Gasteiger partial charge in [0, 0.05) is 30.2 Å². The van der Waals surface area contributed by atoms with Crippen LogP contribution in [-0.4, -0.2) is 30.0 Å². The van der Waals surface area contributed by atoms with Crippen LogP contribution in [0.2, 0.25) is 0 Å². The van der Waals surface area contributed by atoms with Crippen LogP contribution in [-0.2, 0) is 0 Å². The van der Waals surface area contributed by atoms with E-state index in [1.807, 2.05) is 55.4 Å². The zero-order chi connectivity index (χ0) is 19.6. The molecule has 0 N–H and O–H groups in total. The molecule has 1 atom stereocenters. The van der Waals surface area contributed by atoms with Crippen molar-refractivity contribution >= 4 is 38.7 Å². The quantitative estimate of drug-likeness (QED) is 0.559. The van der Waals surface area contributed by atoms with Gasteiger partial charge in [-0.2, -0.15) is 9.78 Å². The predicted octanol–water partition coefficient (Wildman–Crippen LogP) is 4.62. The zero-order valence-electron chi connectivity index (χ0n) is 16.0. The zero-order valence-corrected chi connectivity index (χ0v) is 17.6. The van der Waals surface area contributed by atoms with Crippen LogP contribution in [0.15, 0.2) is 56.8 Å². The number of nitrogens with zero attached hydrogens (tertiary/aromatic N) is 4. The van der Waals surface area contributed by atoms with E-state index in [1.54, 1.807) is 12.3 Å². The fourth-order valence-electron chi connectivity index (χ4n) is 2.76. The lowest BCUT2D eigenvalue weighted by Gasteiger charge is -2.14. The largest absolute Gasteiger partial charge is 0.378 e. The van der Waals surface area contributed by atoms with E-state index < -0.39 is 0 Å². The molecule has 0 unspecified atom stereocenters. The summed E-state index contributed by atoms with van der Waals surface area (Å²) in [5, 5.41) is 5.04. The first kappa shape index (κ1) is 19.3. The molecule has 0 amide bonds. The maximum Gasteiger partial charge on any atom is 0.282 e. The summed E-state index contributed by atoms with van der Waals surface area (Å²) < 4.78 is 2.28. The van der Waals surface area contributed by atoms with Gasteiger partial charge in [0.2, 0.25) is 0 Å². The molecular weight excluding hydrogens is 404 g/mol. The molecular formula is C21H23BrN4O. The highest BCUT2D eigenvalue weighted by Crippen LogP contribution is 2.21. The number of anilines is 1. The summed E-state index contributed by atoms with van der Waals surface area (Å²) in [6, 6.07) is 13.6. The summed E-state index contributed by atoms with van der Waals surface area (Å²) in [5.74, 6) is 0.803. The van der Waals surface area contributed by atoms with Gasteiger partial charge >= 0.3 is 0 Å².